The van der Waals surface area contributed by atoms with Gasteiger partial charge < -0.3 is 4.98 Å². The average Bonchev–Trinajstić information content (AvgIpc) is 2.74. The third kappa shape index (κ3) is 2.48. The van der Waals surface area contributed by atoms with Gasteiger partial charge >= 0.3 is 0 Å². The van der Waals surface area contributed by atoms with Crippen LogP contribution in [0.1, 0.15) is 27.5 Å². The number of aromatic amines is 1. The van der Waals surface area contributed by atoms with Gasteiger partial charge in [0.15, 0.2) is 0 Å². The summed E-state index contributed by atoms with van der Waals surface area (Å²) in [5.74, 6) is 0.706. The molecule has 1 N–H and O–H groups in total. The van der Waals surface area contributed by atoms with Crippen LogP contribution in [-0.4, -0.2) is 21.4 Å². The lowest BCUT2D eigenvalue weighted by atomic mass is 10.1. The van der Waals surface area contributed by atoms with Crippen LogP contribution >= 0.6 is 11.3 Å². The molecule has 19 heavy (non-hydrogen) atoms. The van der Waals surface area contributed by atoms with E-state index in [9.17, 15) is 4.79 Å². The lowest BCUT2D eigenvalue weighted by Gasteiger charge is -2.27. The van der Waals surface area contributed by atoms with Crippen molar-refractivity contribution in [3.63, 3.8) is 0 Å². The van der Waals surface area contributed by atoms with Crippen molar-refractivity contribution in [1.82, 2.24) is 14.9 Å². The molecule has 5 heteroatoms. The molecule has 1 aliphatic rings. The summed E-state index contributed by atoms with van der Waals surface area (Å²) in [6.45, 7) is 6.65. The van der Waals surface area contributed by atoms with E-state index >= 15 is 0 Å². The Hall–Kier alpha value is -1.46. The number of nitrogens with zero attached hydrogens (tertiary/aromatic N) is 2. The van der Waals surface area contributed by atoms with Crippen LogP contribution in [0.25, 0.3) is 0 Å². The van der Waals surface area contributed by atoms with Crippen LogP contribution in [0.15, 0.2) is 16.2 Å². The Kier molecular flexibility index (Phi) is 3.24. The van der Waals surface area contributed by atoms with E-state index in [1.54, 1.807) is 11.3 Å². The Labute approximate surface area is 116 Å². The number of rotatable bonds is 2. The number of H-pyrrole nitrogens is 1. The van der Waals surface area contributed by atoms with Crippen LogP contribution in [0, 0.1) is 13.8 Å². The second-order valence-corrected chi connectivity index (χ2v) is 6.06. The van der Waals surface area contributed by atoms with Gasteiger partial charge in [0.05, 0.1) is 5.69 Å². The summed E-state index contributed by atoms with van der Waals surface area (Å²) in [5, 5.41) is 2.13. The quantitative estimate of drug-likeness (QED) is 0.912. The molecule has 0 bridgehead atoms. The molecule has 0 aliphatic carbocycles. The predicted octanol–water partition coefficient (Wildman–Crippen LogP) is 2.01. The second kappa shape index (κ2) is 4.90. The molecule has 2 aromatic heterocycles. The van der Waals surface area contributed by atoms with Crippen molar-refractivity contribution in [1.29, 1.82) is 0 Å². The summed E-state index contributed by atoms with van der Waals surface area (Å²) < 4.78 is 0. The van der Waals surface area contributed by atoms with Crippen LogP contribution in [0.4, 0.5) is 0 Å². The molecule has 3 rings (SSSR count). The molecule has 0 saturated carbocycles. The van der Waals surface area contributed by atoms with E-state index < -0.39 is 0 Å². The fourth-order valence-electron chi connectivity index (χ4n) is 2.52. The Morgan fingerprint density at radius 3 is 3.05 bits per heavy atom. The van der Waals surface area contributed by atoms with Gasteiger partial charge in [-0.25, -0.2) is 4.98 Å². The smallest absolute Gasteiger partial charge is 0.254 e. The van der Waals surface area contributed by atoms with Crippen LogP contribution < -0.4 is 5.56 Å². The number of hydrogen-bond donors (Lipinski definition) is 1. The number of fused-ring (bicyclic) bond motifs is 1. The van der Waals surface area contributed by atoms with Crippen molar-refractivity contribution < 1.29 is 0 Å². The summed E-state index contributed by atoms with van der Waals surface area (Å²) in [5.41, 5.74) is 3.20. The van der Waals surface area contributed by atoms with E-state index in [4.69, 9.17) is 0 Å². The van der Waals surface area contributed by atoms with Crippen LogP contribution in [0.3, 0.4) is 0 Å². The topological polar surface area (TPSA) is 49.0 Å². The van der Waals surface area contributed by atoms with Gasteiger partial charge in [0.25, 0.3) is 5.56 Å². The molecular weight excluding hydrogens is 258 g/mol. The van der Waals surface area contributed by atoms with Crippen molar-refractivity contribution in [2.24, 2.45) is 0 Å². The molecule has 100 valence electrons. The van der Waals surface area contributed by atoms with Gasteiger partial charge in [-0.3, -0.25) is 9.69 Å². The minimum Gasteiger partial charge on any atom is -0.311 e. The highest BCUT2D eigenvalue weighted by atomic mass is 32.1. The molecule has 4 nitrogen and oxygen atoms in total. The van der Waals surface area contributed by atoms with E-state index in [-0.39, 0.29) is 5.56 Å². The summed E-state index contributed by atoms with van der Waals surface area (Å²) >= 11 is 1.80. The van der Waals surface area contributed by atoms with Crippen LogP contribution in [0.5, 0.6) is 0 Å². The highest BCUT2D eigenvalue weighted by molar-refractivity contribution is 7.10. The summed E-state index contributed by atoms with van der Waals surface area (Å²) in [4.78, 5) is 22.9. The Balaban J connectivity index is 1.82. The maximum absolute atomic E-state index is 11.9. The van der Waals surface area contributed by atoms with Gasteiger partial charge in [0, 0.05) is 30.1 Å². The van der Waals surface area contributed by atoms with E-state index in [0.29, 0.717) is 5.82 Å². The molecule has 1 aliphatic heterocycles. The Bertz CT molecular complexity index is 659. The monoisotopic (exact) mass is 275 g/mol. The highest BCUT2D eigenvalue weighted by Crippen LogP contribution is 2.21. The molecule has 0 atom stereocenters. The third-order valence-electron chi connectivity index (χ3n) is 3.61. The van der Waals surface area contributed by atoms with Gasteiger partial charge in [0.2, 0.25) is 0 Å². The largest absolute Gasteiger partial charge is 0.311 e. The van der Waals surface area contributed by atoms with Crippen molar-refractivity contribution in [2.45, 2.75) is 33.4 Å². The lowest BCUT2D eigenvalue weighted by molar-refractivity contribution is 0.242. The minimum atomic E-state index is 0.0365. The molecule has 0 saturated heterocycles. The summed E-state index contributed by atoms with van der Waals surface area (Å²) in [7, 11) is 0. The Morgan fingerprint density at radius 1 is 1.47 bits per heavy atom. The summed E-state index contributed by atoms with van der Waals surface area (Å²) in [6, 6.07) is 2.16. The number of thiophene rings is 1. The van der Waals surface area contributed by atoms with Crippen LogP contribution in [0.2, 0.25) is 0 Å². The average molecular weight is 275 g/mol. The molecule has 0 unspecified atom stereocenters. The van der Waals surface area contributed by atoms with E-state index in [1.165, 1.54) is 10.4 Å². The predicted molar refractivity (Wildman–Crippen MR) is 76.5 cm³/mol. The number of aryl methyl sites for hydroxylation is 2. The molecule has 0 fully saturated rings. The van der Waals surface area contributed by atoms with Crippen molar-refractivity contribution in [3.05, 3.63) is 49.3 Å². The lowest BCUT2D eigenvalue weighted by Crippen LogP contribution is -2.35. The normalized spacial score (nSPS) is 15.5. The number of nitrogens with one attached hydrogen (secondary N) is 1. The molecule has 2 aromatic rings. The second-order valence-electron chi connectivity index (χ2n) is 5.06. The van der Waals surface area contributed by atoms with Crippen molar-refractivity contribution >= 4 is 11.3 Å². The number of hydrogen-bond acceptors (Lipinski definition) is 4. The fraction of sp³-hybridized carbons (Fsp3) is 0.429. The van der Waals surface area contributed by atoms with Gasteiger partial charge in [-0.15, -0.1) is 11.3 Å². The molecule has 0 aromatic carbocycles. The van der Waals surface area contributed by atoms with Crippen LogP contribution in [-0.2, 0) is 19.5 Å². The standard InChI is InChI=1S/C14H17N3OS/c1-9-4-6-19-13(9)8-17-5-3-11-12(7-17)15-10(2)16-14(11)18/h4,6H,3,5,7-8H2,1-2H3,(H,15,16,18). The first-order valence-corrected chi connectivity index (χ1v) is 7.35. The number of aromatic nitrogens is 2. The SMILES string of the molecule is Cc1nc2c(c(=O)[nH]1)CCN(Cc1sccc1C)C2. The molecule has 3 heterocycles. The fourth-order valence-corrected chi connectivity index (χ4v) is 3.47. The summed E-state index contributed by atoms with van der Waals surface area (Å²) in [6.07, 6.45) is 0.794. The van der Waals surface area contributed by atoms with Crippen molar-refractivity contribution in [2.75, 3.05) is 6.54 Å². The molecule has 0 radical (unpaired) electrons. The highest BCUT2D eigenvalue weighted by Gasteiger charge is 2.21. The molecule has 0 amide bonds. The van der Waals surface area contributed by atoms with Gasteiger partial charge in [-0.1, -0.05) is 0 Å². The van der Waals surface area contributed by atoms with Crippen molar-refractivity contribution in [3.8, 4) is 0 Å². The zero-order valence-electron chi connectivity index (χ0n) is 11.2. The molecule has 0 spiro atoms. The Morgan fingerprint density at radius 2 is 2.32 bits per heavy atom. The first-order chi connectivity index (χ1) is 9.13. The zero-order valence-corrected chi connectivity index (χ0v) is 12.0. The van der Waals surface area contributed by atoms with E-state index in [1.807, 2.05) is 6.92 Å². The van der Waals surface area contributed by atoms with Gasteiger partial charge in [0.1, 0.15) is 5.82 Å². The first-order valence-electron chi connectivity index (χ1n) is 6.47. The zero-order chi connectivity index (χ0) is 13.4. The minimum absolute atomic E-state index is 0.0365. The van der Waals surface area contributed by atoms with Gasteiger partial charge in [-0.2, -0.15) is 0 Å². The van der Waals surface area contributed by atoms with Gasteiger partial charge in [-0.05, 0) is 37.3 Å². The third-order valence-corrected chi connectivity index (χ3v) is 4.61. The maximum atomic E-state index is 11.9. The molecular formula is C14H17N3OS. The van der Waals surface area contributed by atoms with E-state index in [2.05, 4.69) is 33.2 Å². The maximum Gasteiger partial charge on any atom is 0.254 e. The first kappa shape index (κ1) is 12.6. The van der Waals surface area contributed by atoms with E-state index in [0.717, 1.165) is 37.3 Å².